The van der Waals surface area contributed by atoms with Gasteiger partial charge in [-0.1, -0.05) is 23.7 Å². The van der Waals surface area contributed by atoms with Crippen LogP contribution in [0.2, 0.25) is 5.02 Å². The number of nitrogens with zero attached hydrogens (tertiary/aromatic N) is 1. The maximum absolute atomic E-state index is 13.3. The molecule has 2 N–H and O–H groups in total. The van der Waals surface area contributed by atoms with Crippen molar-refractivity contribution in [3.05, 3.63) is 98.9 Å². The highest BCUT2D eigenvalue weighted by atomic mass is 35.5. The van der Waals surface area contributed by atoms with Gasteiger partial charge in [0.05, 0.1) is 9.95 Å². The third kappa shape index (κ3) is 4.65. The molecule has 156 valence electrons. The summed E-state index contributed by atoms with van der Waals surface area (Å²) < 4.78 is 18.9. The monoisotopic (exact) mass is 439 g/mol. The number of H-pyrrole nitrogens is 1. The van der Waals surface area contributed by atoms with Crippen molar-refractivity contribution in [3.8, 4) is 5.75 Å². The van der Waals surface area contributed by atoms with Gasteiger partial charge in [0, 0.05) is 28.7 Å². The Morgan fingerprint density at radius 1 is 1.13 bits per heavy atom. The Hall–Kier alpha value is -3.91. The summed E-state index contributed by atoms with van der Waals surface area (Å²) in [6.45, 7) is 0.143. The zero-order valence-corrected chi connectivity index (χ0v) is 16.7. The number of anilines is 1. The van der Waals surface area contributed by atoms with Gasteiger partial charge in [-0.3, -0.25) is 14.9 Å². The van der Waals surface area contributed by atoms with Crippen LogP contribution in [0.1, 0.15) is 16.1 Å². The third-order valence-electron chi connectivity index (χ3n) is 4.53. The zero-order chi connectivity index (χ0) is 22.0. The number of benzene rings is 3. The van der Waals surface area contributed by atoms with Crippen molar-refractivity contribution in [1.82, 2.24) is 4.98 Å². The van der Waals surface area contributed by atoms with E-state index < -0.39 is 10.8 Å². The fourth-order valence-electron chi connectivity index (χ4n) is 3.04. The number of hydrogen-bond acceptors (Lipinski definition) is 4. The molecule has 1 aromatic heterocycles. The van der Waals surface area contributed by atoms with Gasteiger partial charge < -0.3 is 15.0 Å². The van der Waals surface area contributed by atoms with Crippen molar-refractivity contribution in [2.75, 3.05) is 5.32 Å². The number of non-ortho nitro benzene ring substituents is 1. The molecule has 0 saturated heterocycles. The number of halogens is 2. The van der Waals surface area contributed by atoms with Crippen molar-refractivity contribution in [2.45, 2.75) is 6.61 Å². The van der Waals surface area contributed by atoms with Crippen LogP contribution in [0.3, 0.4) is 0 Å². The number of nitro benzene ring substituents is 1. The van der Waals surface area contributed by atoms with E-state index in [0.717, 1.165) is 0 Å². The first-order chi connectivity index (χ1) is 14.9. The summed E-state index contributed by atoms with van der Waals surface area (Å²) in [6, 6.07) is 16.7. The molecule has 0 fully saturated rings. The number of aromatic nitrogens is 1. The fourth-order valence-corrected chi connectivity index (χ4v) is 3.27. The van der Waals surface area contributed by atoms with Crippen LogP contribution in [0.15, 0.2) is 66.7 Å². The van der Waals surface area contributed by atoms with E-state index in [1.54, 1.807) is 30.3 Å². The van der Waals surface area contributed by atoms with Crippen LogP contribution >= 0.6 is 11.6 Å². The van der Waals surface area contributed by atoms with Crippen LogP contribution in [0.5, 0.6) is 5.75 Å². The number of rotatable bonds is 6. The lowest BCUT2D eigenvalue weighted by Gasteiger charge is -2.10. The van der Waals surface area contributed by atoms with Crippen LogP contribution in [0.25, 0.3) is 10.9 Å². The van der Waals surface area contributed by atoms with Crippen LogP contribution < -0.4 is 10.1 Å². The van der Waals surface area contributed by atoms with E-state index in [0.29, 0.717) is 27.9 Å². The van der Waals surface area contributed by atoms with Gasteiger partial charge in [-0.2, -0.15) is 0 Å². The minimum atomic E-state index is -0.494. The molecule has 4 aromatic rings. The van der Waals surface area contributed by atoms with Crippen LogP contribution in [-0.4, -0.2) is 15.8 Å². The number of carbonyl (C=O) groups is 1. The second kappa shape index (κ2) is 8.45. The number of carbonyl (C=O) groups excluding carboxylic acids is 1. The maximum atomic E-state index is 13.3. The summed E-state index contributed by atoms with van der Waals surface area (Å²) in [7, 11) is 0. The summed E-state index contributed by atoms with van der Waals surface area (Å²) in [4.78, 5) is 25.9. The molecule has 0 atom stereocenters. The van der Waals surface area contributed by atoms with Crippen molar-refractivity contribution < 1.29 is 18.8 Å². The van der Waals surface area contributed by atoms with Crippen LogP contribution in [0.4, 0.5) is 15.8 Å². The predicted octanol–water partition coefficient (Wildman–Crippen LogP) is 5.70. The fraction of sp³-hybridized carbons (Fsp3) is 0.0455. The van der Waals surface area contributed by atoms with Gasteiger partial charge in [0.15, 0.2) is 0 Å². The Morgan fingerprint density at radius 2 is 1.97 bits per heavy atom. The standard InChI is InChI=1S/C22H15ClFN3O4/c23-18-11-16(4-7-21(18)31-12-13-2-1-3-15(24)8-13)25-22(28)20-10-14-9-17(27(29)30)5-6-19(14)26-20/h1-11,26H,12H2,(H,25,28). The van der Waals surface area contributed by atoms with Crippen LogP contribution in [-0.2, 0) is 6.61 Å². The number of aromatic amines is 1. The van der Waals surface area contributed by atoms with E-state index in [1.807, 2.05) is 0 Å². The lowest BCUT2D eigenvalue weighted by atomic mass is 10.2. The number of nitro groups is 1. The molecule has 3 aromatic carbocycles. The smallest absolute Gasteiger partial charge is 0.272 e. The molecule has 0 aliphatic carbocycles. The number of fused-ring (bicyclic) bond motifs is 1. The highest BCUT2D eigenvalue weighted by Crippen LogP contribution is 2.29. The van der Waals surface area contributed by atoms with Gasteiger partial charge in [-0.05, 0) is 48.0 Å². The molecule has 4 rings (SSSR count). The average Bonchev–Trinajstić information content (AvgIpc) is 3.17. The SMILES string of the molecule is O=C(Nc1ccc(OCc2cccc(F)c2)c(Cl)c1)c1cc2cc([N+](=O)[O-])ccc2[nH]1. The lowest BCUT2D eigenvalue weighted by molar-refractivity contribution is -0.384. The molecule has 0 radical (unpaired) electrons. The van der Waals surface area contributed by atoms with E-state index in [2.05, 4.69) is 10.3 Å². The summed E-state index contributed by atoms with van der Waals surface area (Å²) in [5.41, 5.74) is 1.90. The normalized spacial score (nSPS) is 10.8. The summed E-state index contributed by atoms with van der Waals surface area (Å²) in [6.07, 6.45) is 0. The van der Waals surface area contributed by atoms with E-state index in [-0.39, 0.29) is 28.8 Å². The number of ether oxygens (including phenoxy) is 1. The highest BCUT2D eigenvalue weighted by Gasteiger charge is 2.14. The number of nitrogens with one attached hydrogen (secondary N) is 2. The van der Waals surface area contributed by atoms with Crippen molar-refractivity contribution in [3.63, 3.8) is 0 Å². The predicted molar refractivity (Wildman–Crippen MR) is 115 cm³/mol. The van der Waals surface area contributed by atoms with Gasteiger partial charge in [-0.25, -0.2) is 4.39 Å². The number of hydrogen-bond donors (Lipinski definition) is 2. The van der Waals surface area contributed by atoms with E-state index in [9.17, 15) is 19.3 Å². The zero-order valence-electron chi connectivity index (χ0n) is 15.9. The molecule has 0 spiro atoms. The molecule has 0 unspecified atom stereocenters. The highest BCUT2D eigenvalue weighted by molar-refractivity contribution is 6.32. The van der Waals surface area contributed by atoms with E-state index in [1.165, 1.54) is 36.4 Å². The average molecular weight is 440 g/mol. The minimum absolute atomic E-state index is 0.0564. The van der Waals surface area contributed by atoms with Gasteiger partial charge in [-0.15, -0.1) is 0 Å². The van der Waals surface area contributed by atoms with Gasteiger partial charge in [0.25, 0.3) is 11.6 Å². The Kier molecular flexibility index (Phi) is 5.55. The molecule has 1 heterocycles. The first-order valence-electron chi connectivity index (χ1n) is 9.14. The second-order valence-corrected chi connectivity index (χ2v) is 7.14. The Morgan fingerprint density at radius 3 is 2.71 bits per heavy atom. The molecule has 0 aliphatic rings. The molecular weight excluding hydrogens is 425 g/mol. The number of amides is 1. The topological polar surface area (TPSA) is 97.3 Å². The summed E-state index contributed by atoms with van der Waals surface area (Å²) >= 11 is 6.25. The maximum Gasteiger partial charge on any atom is 0.272 e. The molecule has 7 nitrogen and oxygen atoms in total. The molecule has 0 saturated carbocycles. The summed E-state index contributed by atoms with van der Waals surface area (Å²) in [5.74, 6) is -0.387. The molecule has 0 bridgehead atoms. The van der Waals surface area contributed by atoms with E-state index >= 15 is 0 Å². The summed E-state index contributed by atoms with van der Waals surface area (Å²) in [5, 5.41) is 14.5. The molecule has 0 aliphatic heterocycles. The van der Waals surface area contributed by atoms with Crippen molar-refractivity contribution in [2.24, 2.45) is 0 Å². The molecule has 9 heteroatoms. The van der Waals surface area contributed by atoms with Crippen LogP contribution in [0, 0.1) is 15.9 Å². The van der Waals surface area contributed by atoms with Gasteiger partial charge >= 0.3 is 0 Å². The quantitative estimate of drug-likeness (QED) is 0.297. The lowest BCUT2D eigenvalue weighted by Crippen LogP contribution is -2.12. The Labute approximate surface area is 180 Å². The Bertz CT molecular complexity index is 1310. The molecule has 31 heavy (non-hydrogen) atoms. The van der Waals surface area contributed by atoms with Gasteiger partial charge in [0.1, 0.15) is 23.9 Å². The largest absolute Gasteiger partial charge is 0.487 e. The Balaban J connectivity index is 1.45. The first-order valence-corrected chi connectivity index (χ1v) is 9.52. The second-order valence-electron chi connectivity index (χ2n) is 6.73. The first kappa shape index (κ1) is 20.4. The van der Waals surface area contributed by atoms with Crippen molar-refractivity contribution in [1.29, 1.82) is 0 Å². The minimum Gasteiger partial charge on any atom is -0.487 e. The molecular formula is C22H15ClFN3O4. The van der Waals surface area contributed by atoms with Gasteiger partial charge in [0.2, 0.25) is 0 Å². The third-order valence-corrected chi connectivity index (χ3v) is 4.83. The van der Waals surface area contributed by atoms with Crippen molar-refractivity contribution >= 4 is 39.8 Å². The molecule has 1 amide bonds. The van der Waals surface area contributed by atoms with E-state index in [4.69, 9.17) is 16.3 Å².